The molecular weight excluding hydrogens is 206 g/mol. The van der Waals surface area contributed by atoms with Gasteiger partial charge in [0.05, 0.1) is 6.61 Å². The zero-order valence-corrected chi connectivity index (χ0v) is 8.59. The molecule has 0 aromatic heterocycles. The maximum absolute atomic E-state index is 13.4. The average Bonchev–Trinajstić information content (AvgIpc) is 2.18. The summed E-state index contributed by atoms with van der Waals surface area (Å²) in [5.74, 6) is -6.41. The number of hydrogen-bond acceptors (Lipinski definition) is 3. The van der Waals surface area contributed by atoms with Crippen LogP contribution in [0.3, 0.4) is 0 Å². The fraction of sp³-hybridized carbons (Fsp3) is 0.800. The lowest BCUT2D eigenvalue weighted by Crippen LogP contribution is -2.41. The molecule has 0 radical (unpaired) electrons. The monoisotopic (exact) mass is 220 g/mol. The van der Waals surface area contributed by atoms with E-state index >= 15 is 0 Å². The molecule has 15 heavy (non-hydrogen) atoms. The van der Waals surface area contributed by atoms with Gasteiger partial charge in [-0.25, -0.2) is 4.79 Å². The molecule has 0 amide bonds. The smallest absolute Gasteiger partial charge is 0.377 e. The van der Waals surface area contributed by atoms with Crippen molar-refractivity contribution in [1.82, 2.24) is 0 Å². The fourth-order valence-corrected chi connectivity index (χ4v) is 1.73. The number of carbonyl (C=O) groups is 2. The number of ether oxygens (including phenoxy) is 1. The summed E-state index contributed by atoms with van der Waals surface area (Å²) in [4.78, 5) is 22.0. The van der Waals surface area contributed by atoms with Crippen LogP contribution in [0.25, 0.3) is 0 Å². The van der Waals surface area contributed by atoms with Crippen molar-refractivity contribution in [3.8, 4) is 0 Å². The molecule has 5 heteroatoms. The summed E-state index contributed by atoms with van der Waals surface area (Å²) in [6.45, 7) is 1.40. The van der Waals surface area contributed by atoms with Crippen LogP contribution in [0.5, 0.6) is 0 Å². The predicted octanol–water partition coefficient (Wildman–Crippen LogP) is 1.94. The normalized spacial score (nSPS) is 22.6. The first-order chi connectivity index (χ1) is 6.98. The summed E-state index contributed by atoms with van der Waals surface area (Å²) >= 11 is 0. The molecule has 3 nitrogen and oxygen atoms in total. The molecule has 1 saturated carbocycles. The van der Waals surface area contributed by atoms with Gasteiger partial charge in [0.1, 0.15) is 5.78 Å². The molecule has 0 bridgehead atoms. The van der Waals surface area contributed by atoms with E-state index in [9.17, 15) is 18.4 Å². The first-order valence-electron chi connectivity index (χ1n) is 5.05. The van der Waals surface area contributed by atoms with Crippen molar-refractivity contribution in [3.63, 3.8) is 0 Å². The molecule has 0 aromatic carbocycles. The van der Waals surface area contributed by atoms with Crippen molar-refractivity contribution in [2.75, 3.05) is 6.61 Å². The molecule has 0 N–H and O–H groups in total. The van der Waals surface area contributed by atoms with E-state index in [1.807, 2.05) is 0 Å². The molecule has 0 spiro atoms. The largest absolute Gasteiger partial charge is 0.462 e. The van der Waals surface area contributed by atoms with Crippen LogP contribution in [0.15, 0.2) is 0 Å². The van der Waals surface area contributed by atoms with E-state index in [-0.39, 0.29) is 25.2 Å². The highest BCUT2D eigenvalue weighted by molar-refractivity contribution is 5.83. The minimum atomic E-state index is -3.52. The van der Waals surface area contributed by atoms with Crippen LogP contribution in [-0.4, -0.2) is 24.3 Å². The average molecular weight is 220 g/mol. The molecule has 1 rings (SSSR count). The highest BCUT2D eigenvalue weighted by Gasteiger charge is 2.49. The van der Waals surface area contributed by atoms with Crippen molar-refractivity contribution < 1.29 is 23.1 Å². The van der Waals surface area contributed by atoms with Crippen LogP contribution in [-0.2, 0) is 14.3 Å². The predicted molar refractivity (Wildman–Crippen MR) is 48.5 cm³/mol. The second-order valence-electron chi connectivity index (χ2n) is 3.68. The Morgan fingerprint density at radius 1 is 1.60 bits per heavy atom. The van der Waals surface area contributed by atoms with E-state index in [1.54, 1.807) is 0 Å². The zero-order chi connectivity index (χ0) is 11.5. The topological polar surface area (TPSA) is 43.4 Å². The Morgan fingerprint density at radius 2 is 2.27 bits per heavy atom. The second kappa shape index (κ2) is 4.68. The van der Waals surface area contributed by atoms with Crippen LogP contribution < -0.4 is 0 Å². The number of esters is 1. The van der Waals surface area contributed by atoms with Gasteiger partial charge < -0.3 is 4.74 Å². The van der Waals surface area contributed by atoms with E-state index in [0.29, 0.717) is 12.8 Å². The third kappa shape index (κ3) is 2.73. The summed E-state index contributed by atoms with van der Waals surface area (Å²) in [5.41, 5.74) is 0. The lowest BCUT2D eigenvalue weighted by molar-refractivity contribution is -0.182. The Labute approximate surface area is 86.8 Å². The standard InChI is InChI=1S/C10H14F2O3/c1-2-15-9(14)10(11,12)7-4-3-5-8(13)6-7/h7H,2-6H2,1H3. The molecule has 1 atom stereocenters. The van der Waals surface area contributed by atoms with E-state index in [2.05, 4.69) is 4.74 Å². The second-order valence-corrected chi connectivity index (χ2v) is 3.68. The van der Waals surface area contributed by atoms with Crippen LogP contribution in [0.1, 0.15) is 32.6 Å². The van der Waals surface area contributed by atoms with Gasteiger partial charge in [-0.2, -0.15) is 8.78 Å². The lowest BCUT2D eigenvalue weighted by atomic mass is 9.84. The first kappa shape index (κ1) is 12.1. The number of alkyl halides is 2. The van der Waals surface area contributed by atoms with E-state index < -0.39 is 17.8 Å². The molecular formula is C10H14F2O3. The van der Waals surface area contributed by atoms with E-state index in [4.69, 9.17) is 0 Å². The summed E-state index contributed by atoms with van der Waals surface area (Å²) < 4.78 is 31.2. The maximum Gasteiger partial charge on any atom is 0.377 e. The minimum absolute atomic E-state index is 0.0743. The van der Waals surface area contributed by atoms with Gasteiger partial charge in [-0.15, -0.1) is 0 Å². The zero-order valence-electron chi connectivity index (χ0n) is 8.59. The maximum atomic E-state index is 13.4. The van der Waals surface area contributed by atoms with Gasteiger partial charge in [-0.1, -0.05) is 0 Å². The van der Waals surface area contributed by atoms with Gasteiger partial charge in [-0.3, -0.25) is 4.79 Å². The van der Waals surface area contributed by atoms with Gasteiger partial charge in [0.15, 0.2) is 0 Å². The Morgan fingerprint density at radius 3 is 2.80 bits per heavy atom. The van der Waals surface area contributed by atoms with Crippen molar-refractivity contribution in [2.24, 2.45) is 5.92 Å². The molecule has 1 unspecified atom stereocenters. The quantitative estimate of drug-likeness (QED) is 0.683. The molecule has 0 aromatic rings. The van der Waals surface area contributed by atoms with Gasteiger partial charge in [0, 0.05) is 18.8 Å². The van der Waals surface area contributed by atoms with Gasteiger partial charge in [0.25, 0.3) is 0 Å². The summed E-state index contributed by atoms with van der Waals surface area (Å²) in [6, 6.07) is 0. The van der Waals surface area contributed by atoms with E-state index in [1.165, 1.54) is 6.92 Å². The molecule has 86 valence electrons. The number of carbonyl (C=O) groups excluding carboxylic acids is 2. The van der Waals surface area contributed by atoms with Gasteiger partial charge in [0.2, 0.25) is 0 Å². The summed E-state index contributed by atoms with van der Waals surface area (Å²) in [6.07, 6.45) is 0.761. The highest BCUT2D eigenvalue weighted by atomic mass is 19.3. The SMILES string of the molecule is CCOC(=O)C(F)(F)C1CCCC(=O)C1. The van der Waals surface area contributed by atoms with Crippen LogP contribution in [0.4, 0.5) is 8.78 Å². The molecule has 0 saturated heterocycles. The number of hydrogen-bond donors (Lipinski definition) is 0. The van der Waals surface area contributed by atoms with Crippen molar-refractivity contribution >= 4 is 11.8 Å². The number of ketones is 1. The fourth-order valence-electron chi connectivity index (χ4n) is 1.73. The highest BCUT2D eigenvalue weighted by Crippen LogP contribution is 2.36. The Balaban J connectivity index is 2.66. The molecule has 1 aliphatic rings. The van der Waals surface area contributed by atoms with Crippen molar-refractivity contribution in [2.45, 2.75) is 38.5 Å². The summed E-state index contributed by atoms with van der Waals surface area (Å²) in [7, 11) is 0. The number of rotatable bonds is 3. The van der Waals surface area contributed by atoms with Crippen molar-refractivity contribution in [3.05, 3.63) is 0 Å². The molecule has 1 fully saturated rings. The third-order valence-electron chi connectivity index (χ3n) is 2.54. The number of halogens is 2. The van der Waals surface area contributed by atoms with Gasteiger partial charge in [-0.05, 0) is 19.8 Å². The molecule has 1 aliphatic carbocycles. The lowest BCUT2D eigenvalue weighted by Gasteiger charge is -2.27. The van der Waals surface area contributed by atoms with Crippen LogP contribution >= 0.6 is 0 Å². The van der Waals surface area contributed by atoms with Gasteiger partial charge >= 0.3 is 11.9 Å². The van der Waals surface area contributed by atoms with Crippen LogP contribution in [0, 0.1) is 5.92 Å². The number of Topliss-reactive ketones (excluding diaryl/α,β-unsaturated/α-hetero) is 1. The minimum Gasteiger partial charge on any atom is -0.462 e. The Bertz CT molecular complexity index is 263. The Kier molecular flexibility index (Phi) is 3.77. The van der Waals surface area contributed by atoms with E-state index in [0.717, 1.165) is 0 Å². The third-order valence-corrected chi connectivity index (χ3v) is 2.54. The van der Waals surface area contributed by atoms with Crippen LogP contribution in [0.2, 0.25) is 0 Å². The Hall–Kier alpha value is -1.00. The first-order valence-corrected chi connectivity index (χ1v) is 5.05. The molecule has 0 heterocycles. The molecule has 0 aliphatic heterocycles. The van der Waals surface area contributed by atoms with Crippen molar-refractivity contribution in [1.29, 1.82) is 0 Å². The summed E-state index contributed by atoms with van der Waals surface area (Å²) in [5, 5.41) is 0.